The number of nitrogens with zero attached hydrogens (tertiary/aromatic N) is 2. The Morgan fingerprint density at radius 2 is 2.09 bits per heavy atom. The van der Waals surface area contributed by atoms with Gasteiger partial charge in [-0.25, -0.2) is 12.8 Å². The molecular weight excluding hydrogens is 387 g/mol. The van der Waals surface area contributed by atoms with Crippen molar-refractivity contribution in [3.63, 3.8) is 0 Å². The van der Waals surface area contributed by atoms with Gasteiger partial charge in [-0.2, -0.15) is 4.31 Å². The highest BCUT2D eigenvalue weighted by Gasteiger charge is 2.33. The zero-order valence-electron chi connectivity index (χ0n) is 11.3. The van der Waals surface area contributed by atoms with Crippen LogP contribution in [0.15, 0.2) is 21.5 Å². The fraction of sp³-hybridized carbons (Fsp3) is 0.364. The number of carbonyl (C=O) groups is 1. The third-order valence-corrected chi connectivity index (χ3v) is 5.08. The number of halogens is 2. The van der Waals surface area contributed by atoms with Gasteiger partial charge >= 0.3 is 5.97 Å². The summed E-state index contributed by atoms with van der Waals surface area (Å²) in [5.41, 5.74) is -0.952. The number of rotatable bonds is 7. The number of aliphatic carboxylic acids is 1. The molecule has 0 saturated heterocycles. The molecule has 0 fully saturated rings. The maximum Gasteiger partial charge on any atom is 0.318 e. The Bertz CT molecular complexity index is 709. The van der Waals surface area contributed by atoms with Crippen LogP contribution >= 0.6 is 15.9 Å². The zero-order chi connectivity index (χ0) is 17.1. The molecule has 1 rings (SSSR count). The van der Waals surface area contributed by atoms with Gasteiger partial charge in [-0.1, -0.05) is 6.92 Å². The molecule has 0 unspecified atom stereocenters. The summed E-state index contributed by atoms with van der Waals surface area (Å²) >= 11 is 2.76. The van der Waals surface area contributed by atoms with E-state index >= 15 is 0 Å². The molecule has 122 valence electrons. The highest BCUT2D eigenvalue weighted by atomic mass is 79.9. The maximum absolute atomic E-state index is 13.4. The van der Waals surface area contributed by atoms with Gasteiger partial charge in [-0.15, -0.1) is 0 Å². The lowest BCUT2D eigenvalue weighted by molar-refractivity contribution is -0.388. The molecule has 1 aromatic carbocycles. The van der Waals surface area contributed by atoms with E-state index in [1.165, 1.54) is 0 Å². The summed E-state index contributed by atoms with van der Waals surface area (Å²) < 4.78 is 38.7. The first-order valence-electron chi connectivity index (χ1n) is 5.96. The van der Waals surface area contributed by atoms with E-state index in [0.29, 0.717) is 16.8 Å². The van der Waals surface area contributed by atoms with Crippen LogP contribution in [-0.4, -0.2) is 41.8 Å². The molecule has 0 aliphatic rings. The van der Waals surface area contributed by atoms with Crippen molar-refractivity contribution in [2.24, 2.45) is 0 Å². The van der Waals surface area contributed by atoms with Crippen molar-refractivity contribution in [1.29, 1.82) is 0 Å². The minimum absolute atomic E-state index is 0.138. The number of benzene rings is 1. The SMILES string of the molecule is CCCN(CC(=O)O)S(=O)(=O)c1cc(Br)c(F)cc1[N+](=O)[O-]. The largest absolute Gasteiger partial charge is 0.480 e. The lowest BCUT2D eigenvalue weighted by atomic mass is 10.3. The third-order valence-electron chi connectivity index (χ3n) is 2.60. The number of sulfonamides is 1. The normalized spacial score (nSPS) is 11.6. The van der Waals surface area contributed by atoms with Gasteiger partial charge in [0.25, 0.3) is 5.69 Å². The molecule has 0 aliphatic heterocycles. The Morgan fingerprint density at radius 3 is 2.55 bits per heavy atom. The van der Waals surface area contributed by atoms with Gasteiger partial charge in [0.15, 0.2) is 4.90 Å². The van der Waals surface area contributed by atoms with Crippen molar-refractivity contribution >= 4 is 37.6 Å². The fourth-order valence-corrected chi connectivity index (χ4v) is 3.83. The highest BCUT2D eigenvalue weighted by Crippen LogP contribution is 2.31. The molecule has 1 N–H and O–H groups in total. The van der Waals surface area contributed by atoms with Gasteiger partial charge in [-0.05, 0) is 28.4 Å². The summed E-state index contributed by atoms with van der Waals surface area (Å²) in [5.74, 6) is -2.40. The average molecular weight is 399 g/mol. The van der Waals surface area contributed by atoms with Crippen LogP contribution in [0.5, 0.6) is 0 Å². The van der Waals surface area contributed by atoms with Gasteiger partial charge in [0.1, 0.15) is 12.4 Å². The van der Waals surface area contributed by atoms with E-state index in [0.717, 1.165) is 6.07 Å². The smallest absolute Gasteiger partial charge is 0.318 e. The molecule has 0 aromatic heterocycles. The zero-order valence-corrected chi connectivity index (χ0v) is 13.7. The number of hydrogen-bond acceptors (Lipinski definition) is 5. The van der Waals surface area contributed by atoms with E-state index in [1.54, 1.807) is 6.92 Å². The molecule has 1 aromatic rings. The van der Waals surface area contributed by atoms with Crippen molar-refractivity contribution in [2.75, 3.05) is 13.1 Å². The van der Waals surface area contributed by atoms with Crippen LogP contribution in [0.1, 0.15) is 13.3 Å². The minimum atomic E-state index is -4.46. The van der Waals surface area contributed by atoms with Crippen LogP contribution in [0.2, 0.25) is 0 Å². The summed E-state index contributed by atoms with van der Waals surface area (Å²) in [4.78, 5) is 20.0. The van der Waals surface area contributed by atoms with Crippen molar-refractivity contribution in [2.45, 2.75) is 18.2 Å². The quantitative estimate of drug-likeness (QED) is 0.554. The second-order valence-electron chi connectivity index (χ2n) is 4.22. The van der Waals surface area contributed by atoms with Crippen molar-refractivity contribution in [3.8, 4) is 0 Å². The standard InChI is InChI=1S/C11H12BrFN2O6S/c1-2-3-14(6-11(16)17)22(20,21)10-4-7(12)8(13)5-9(10)15(18)19/h4-5H,2-3,6H2,1H3,(H,16,17). The molecule has 11 heteroatoms. The van der Waals surface area contributed by atoms with Gasteiger partial charge in [0, 0.05) is 6.54 Å². The van der Waals surface area contributed by atoms with Crippen LogP contribution in [0.3, 0.4) is 0 Å². The Labute approximate surface area is 133 Å². The summed E-state index contributed by atoms with van der Waals surface area (Å²) in [6, 6.07) is 1.23. The Kier molecular flexibility index (Phi) is 5.97. The Hall–Kier alpha value is -1.59. The lowest BCUT2D eigenvalue weighted by Crippen LogP contribution is -2.36. The molecule has 22 heavy (non-hydrogen) atoms. The number of hydrogen-bond donors (Lipinski definition) is 1. The predicted octanol–water partition coefficient (Wildman–Crippen LogP) is 1.98. The number of carboxylic acid groups (broad SMARTS) is 1. The topological polar surface area (TPSA) is 118 Å². The molecule has 0 saturated carbocycles. The van der Waals surface area contributed by atoms with Gasteiger partial charge < -0.3 is 5.11 Å². The van der Waals surface area contributed by atoms with Gasteiger partial charge in [-0.3, -0.25) is 14.9 Å². The van der Waals surface area contributed by atoms with Crippen LogP contribution in [0.4, 0.5) is 10.1 Å². The number of nitro groups is 1. The van der Waals surface area contributed by atoms with Crippen molar-refractivity contribution in [1.82, 2.24) is 4.31 Å². The van der Waals surface area contributed by atoms with E-state index in [1.807, 2.05) is 0 Å². The Balaban J connectivity index is 3.51. The highest BCUT2D eigenvalue weighted by molar-refractivity contribution is 9.10. The molecule has 0 radical (unpaired) electrons. The molecule has 8 nitrogen and oxygen atoms in total. The number of carboxylic acids is 1. The number of nitro benzene ring substituents is 1. The van der Waals surface area contributed by atoms with E-state index < -0.39 is 43.9 Å². The summed E-state index contributed by atoms with van der Waals surface area (Å²) in [6.45, 7) is 0.641. The van der Waals surface area contributed by atoms with Crippen molar-refractivity contribution < 1.29 is 27.6 Å². The van der Waals surface area contributed by atoms with E-state index in [4.69, 9.17) is 5.11 Å². The average Bonchev–Trinajstić information content (AvgIpc) is 2.40. The fourth-order valence-electron chi connectivity index (χ4n) is 1.69. The van der Waals surface area contributed by atoms with Crippen LogP contribution in [0, 0.1) is 15.9 Å². The second kappa shape index (κ2) is 7.11. The first-order valence-corrected chi connectivity index (χ1v) is 8.20. The van der Waals surface area contributed by atoms with Gasteiger partial charge in [0.05, 0.1) is 15.5 Å². The van der Waals surface area contributed by atoms with E-state index in [2.05, 4.69) is 15.9 Å². The second-order valence-corrected chi connectivity index (χ2v) is 6.98. The third kappa shape index (κ3) is 3.99. The molecule has 0 amide bonds. The van der Waals surface area contributed by atoms with E-state index in [-0.39, 0.29) is 11.0 Å². The first-order chi connectivity index (χ1) is 10.1. The Morgan fingerprint density at radius 1 is 1.50 bits per heavy atom. The van der Waals surface area contributed by atoms with Crippen molar-refractivity contribution in [3.05, 3.63) is 32.5 Å². The first kappa shape index (κ1) is 18.5. The molecule has 0 spiro atoms. The van der Waals surface area contributed by atoms with Crippen LogP contribution < -0.4 is 0 Å². The van der Waals surface area contributed by atoms with Crippen LogP contribution in [-0.2, 0) is 14.8 Å². The van der Waals surface area contributed by atoms with Gasteiger partial charge in [0.2, 0.25) is 10.0 Å². The molecule has 0 aliphatic carbocycles. The monoisotopic (exact) mass is 398 g/mol. The lowest BCUT2D eigenvalue weighted by Gasteiger charge is -2.19. The molecule has 0 bridgehead atoms. The predicted molar refractivity (Wildman–Crippen MR) is 77.4 cm³/mol. The maximum atomic E-state index is 13.4. The van der Waals surface area contributed by atoms with E-state index in [9.17, 15) is 27.7 Å². The molecular formula is C11H12BrFN2O6S. The summed E-state index contributed by atoms with van der Waals surface area (Å²) in [7, 11) is -4.46. The summed E-state index contributed by atoms with van der Waals surface area (Å²) in [6.07, 6.45) is 0.308. The molecule has 0 heterocycles. The molecule has 0 atom stereocenters. The summed E-state index contributed by atoms with van der Waals surface area (Å²) in [5, 5.41) is 19.7. The minimum Gasteiger partial charge on any atom is -0.480 e. The van der Waals surface area contributed by atoms with Crippen LogP contribution in [0.25, 0.3) is 0 Å².